The van der Waals surface area contributed by atoms with Crippen molar-refractivity contribution in [3.63, 3.8) is 0 Å². The van der Waals surface area contributed by atoms with E-state index in [1.54, 1.807) is 0 Å². The molecule has 0 saturated carbocycles. The summed E-state index contributed by atoms with van der Waals surface area (Å²) in [5, 5.41) is 8.26. The number of nitrogens with one attached hydrogen (secondary N) is 1. The van der Waals surface area contributed by atoms with Gasteiger partial charge in [0.1, 0.15) is 0 Å². The first-order chi connectivity index (χ1) is 9.98. The molecule has 1 heterocycles. The van der Waals surface area contributed by atoms with Gasteiger partial charge in [-0.05, 0) is 53.4 Å². The van der Waals surface area contributed by atoms with Crippen LogP contribution in [0.15, 0.2) is 6.07 Å². The zero-order valence-corrected chi connectivity index (χ0v) is 15.0. The summed E-state index contributed by atoms with van der Waals surface area (Å²) >= 11 is 0. The van der Waals surface area contributed by atoms with Gasteiger partial charge in [0, 0.05) is 30.2 Å². The lowest BCUT2D eigenvalue weighted by atomic mass is 9.81. The first kappa shape index (κ1) is 18.2. The molecule has 0 amide bonds. The summed E-state index contributed by atoms with van der Waals surface area (Å²) in [5.74, 6) is 0. The molecule has 21 heavy (non-hydrogen) atoms. The Labute approximate surface area is 130 Å². The Balaban J connectivity index is 3.08. The van der Waals surface area contributed by atoms with Crippen LogP contribution in [0, 0.1) is 0 Å². The molecule has 0 aromatic carbocycles. The maximum absolute atomic E-state index is 4.69. The highest BCUT2D eigenvalue weighted by atomic mass is 15.3. The monoisotopic (exact) mass is 294 g/mol. The molecule has 0 fully saturated rings. The highest BCUT2D eigenvalue weighted by Crippen LogP contribution is 2.28. The highest BCUT2D eigenvalue weighted by Gasteiger charge is 2.37. The zero-order chi connectivity index (χ0) is 16.0. The third-order valence-electron chi connectivity index (χ3n) is 5.10. The number of hydrogen-bond acceptors (Lipinski definition) is 3. The molecule has 0 bridgehead atoms. The largest absolute Gasteiger partial charge is 0.315 e. The summed E-state index contributed by atoms with van der Waals surface area (Å²) in [6.45, 7) is 9.87. The Morgan fingerprint density at radius 3 is 2.24 bits per heavy atom. The lowest BCUT2D eigenvalue weighted by Gasteiger charge is -2.45. The number of likely N-dealkylation sites (N-methyl/N-ethyl adjacent to an activating group) is 2. The van der Waals surface area contributed by atoms with Crippen LogP contribution in [0.3, 0.4) is 0 Å². The van der Waals surface area contributed by atoms with Gasteiger partial charge in [-0.15, -0.1) is 0 Å². The number of hydrogen-bond donors (Lipinski definition) is 1. The SMILES string of the molecule is CCc1cc(CC(NC)C(CC)(CC)N(C)C)n(CC)n1. The van der Waals surface area contributed by atoms with Crippen molar-refractivity contribution in [2.45, 2.75) is 71.5 Å². The van der Waals surface area contributed by atoms with E-state index >= 15 is 0 Å². The van der Waals surface area contributed by atoms with Crippen molar-refractivity contribution in [1.82, 2.24) is 20.0 Å². The fourth-order valence-electron chi connectivity index (χ4n) is 3.58. The predicted molar refractivity (Wildman–Crippen MR) is 90.8 cm³/mol. The number of nitrogens with zero attached hydrogens (tertiary/aromatic N) is 3. The molecule has 4 nitrogen and oxygen atoms in total. The van der Waals surface area contributed by atoms with Crippen LogP contribution in [-0.2, 0) is 19.4 Å². The van der Waals surface area contributed by atoms with Crippen LogP contribution < -0.4 is 5.32 Å². The fraction of sp³-hybridized carbons (Fsp3) is 0.824. The average molecular weight is 294 g/mol. The van der Waals surface area contributed by atoms with Crippen LogP contribution >= 0.6 is 0 Å². The Morgan fingerprint density at radius 1 is 1.24 bits per heavy atom. The van der Waals surface area contributed by atoms with Crippen molar-refractivity contribution in [2.75, 3.05) is 21.1 Å². The zero-order valence-electron chi connectivity index (χ0n) is 15.0. The van der Waals surface area contributed by atoms with E-state index in [1.165, 1.54) is 11.4 Å². The first-order valence-electron chi connectivity index (χ1n) is 8.39. The molecular formula is C17H34N4. The predicted octanol–water partition coefficient (Wildman–Crippen LogP) is 2.72. The van der Waals surface area contributed by atoms with Gasteiger partial charge >= 0.3 is 0 Å². The van der Waals surface area contributed by atoms with Crippen LogP contribution in [0.2, 0.25) is 0 Å². The van der Waals surface area contributed by atoms with Gasteiger partial charge in [0.2, 0.25) is 0 Å². The molecule has 0 radical (unpaired) electrons. The maximum atomic E-state index is 4.69. The first-order valence-corrected chi connectivity index (χ1v) is 8.39. The molecule has 0 aliphatic carbocycles. The molecule has 1 atom stereocenters. The highest BCUT2D eigenvalue weighted by molar-refractivity contribution is 5.14. The molecule has 0 spiro atoms. The smallest absolute Gasteiger partial charge is 0.0624 e. The summed E-state index contributed by atoms with van der Waals surface area (Å²) in [6, 6.07) is 2.70. The van der Waals surface area contributed by atoms with Crippen molar-refractivity contribution in [3.8, 4) is 0 Å². The van der Waals surface area contributed by atoms with E-state index in [2.05, 4.69) is 74.9 Å². The topological polar surface area (TPSA) is 33.1 Å². The van der Waals surface area contributed by atoms with Crippen molar-refractivity contribution in [2.24, 2.45) is 0 Å². The van der Waals surface area contributed by atoms with Crippen molar-refractivity contribution >= 4 is 0 Å². The van der Waals surface area contributed by atoms with E-state index in [1.807, 2.05) is 0 Å². The molecule has 1 aromatic heterocycles. The maximum Gasteiger partial charge on any atom is 0.0624 e. The second-order valence-electron chi connectivity index (χ2n) is 6.05. The van der Waals surface area contributed by atoms with Crippen LogP contribution in [-0.4, -0.2) is 47.4 Å². The third kappa shape index (κ3) is 3.67. The summed E-state index contributed by atoms with van der Waals surface area (Å²) < 4.78 is 2.16. The van der Waals surface area contributed by atoms with Gasteiger partial charge in [-0.2, -0.15) is 5.10 Å². The molecule has 1 aromatic rings. The average Bonchev–Trinajstić information content (AvgIpc) is 2.89. The molecule has 0 aliphatic rings. The van der Waals surface area contributed by atoms with Crippen LogP contribution in [0.5, 0.6) is 0 Å². The molecule has 1 rings (SSSR count). The summed E-state index contributed by atoms with van der Waals surface area (Å²) in [4.78, 5) is 2.39. The van der Waals surface area contributed by atoms with Gasteiger partial charge in [0.05, 0.1) is 5.69 Å². The molecule has 0 saturated heterocycles. The van der Waals surface area contributed by atoms with Crippen LogP contribution in [0.1, 0.15) is 51.9 Å². The summed E-state index contributed by atoms with van der Waals surface area (Å²) in [6.07, 6.45) is 4.31. The molecule has 0 aliphatic heterocycles. The lowest BCUT2D eigenvalue weighted by Crippen LogP contribution is -2.58. The fourth-order valence-corrected chi connectivity index (χ4v) is 3.58. The van der Waals surface area contributed by atoms with E-state index in [0.29, 0.717) is 6.04 Å². The van der Waals surface area contributed by atoms with Gasteiger partial charge in [-0.1, -0.05) is 20.8 Å². The van der Waals surface area contributed by atoms with Gasteiger partial charge in [-0.25, -0.2) is 0 Å². The van der Waals surface area contributed by atoms with Crippen molar-refractivity contribution < 1.29 is 0 Å². The normalized spacial score (nSPS) is 13.9. The Hall–Kier alpha value is -0.870. The number of aromatic nitrogens is 2. The second-order valence-corrected chi connectivity index (χ2v) is 6.05. The van der Waals surface area contributed by atoms with Crippen molar-refractivity contribution in [1.29, 1.82) is 0 Å². The van der Waals surface area contributed by atoms with E-state index < -0.39 is 0 Å². The third-order valence-corrected chi connectivity index (χ3v) is 5.10. The van der Waals surface area contributed by atoms with Gasteiger partial charge in [0.15, 0.2) is 0 Å². The summed E-state index contributed by atoms with van der Waals surface area (Å²) in [5.41, 5.74) is 2.73. The Morgan fingerprint density at radius 2 is 1.86 bits per heavy atom. The van der Waals surface area contributed by atoms with Gasteiger partial charge in [-0.3, -0.25) is 4.68 Å². The van der Waals surface area contributed by atoms with Gasteiger partial charge < -0.3 is 10.2 Å². The molecule has 122 valence electrons. The van der Waals surface area contributed by atoms with E-state index in [-0.39, 0.29) is 5.54 Å². The molecule has 1 unspecified atom stereocenters. The van der Waals surface area contributed by atoms with Gasteiger partial charge in [0.25, 0.3) is 0 Å². The minimum absolute atomic E-state index is 0.184. The van der Waals surface area contributed by atoms with E-state index in [4.69, 9.17) is 0 Å². The molecular weight excluding hydrogens is 260 g/mol. The number of aryl methyl sites for hydroxylation is 2. The standard InChI is InChI=1S/C17H34N4/c1-8-14-12-15(21(11-4)19-14)13-16(18-5)17(9-2,10-3)20(6)7/h12,16,18H,8-11,13H2,1-7H3. The van der Waals surface area contributed by atoms with Crippen LogP contribution in [0.25, 0.3) is 0 Å². The lowest BCUT2D eigenvalue weighted by molar-refractivity contribution is 0.0908. The second kappa shape index (κ2) is 7.95. The van der Waals surface area contributed by atoms with E-state index in [9.17, 15) is 0 Å². The molecule has 1 N–H and O–H groups in total. The summed E-state index contributed by atoms with van der Waals surface area (Å²) in [7, 11) is 6.49. The number of rotatable bonds is 9. The minimum atomic E-state index is 0.184. The van der Waals surface area contributed by atoms with Crippen LogP contribution in [0.4, 0.5) is 0 Å². The van der Waals surface area contributed by atoms with Crippen molar-refractivity contribution in [3.05, 3.63) is 17.5 Å². The Kier molecular flexibility index (Phi) is 6.88. The van der Waals surface area contributed by atoms with E-state index in [0.717, 1.165) is 32.2 Å². The minimum Gasteiger partial charge on any atom is -0.315 e. The quantitative estimate of drug-likeness (QED) is 0.760. The molecule has 4 heteroatoms. The Bertz CT molecular complexity index is 418.